The van der Waals surface area contributed by atoms with Gasteiger partial charge in [-0.25, -0.2) is 0 Å². The first-order valence-electron chi connectivity index (χ1n) is 6.82. The first-order valence-corrected chi connectivity index (χ1v) is 7.57. The minimum absolute atomic E-state index is 0.125. The summed E-state index contributed by atoms with van der Waals surface area (Å²) in [5.41, 5.74) is 6.41. The monoisotopic (exact) mass is 316 g/mol. The highest BCUT2D eigenvalue weighted by atomic mass is 35.5. The van der Waals surface area contributed by atoms with Crippen molar-refractivity contribution in [2.45, 2.75) is 32.7 Å². The highest BCUT2D eigenvalue weighted by molar-refractivity contribution is 6.35. The minimum Gasteiger partial charge on any atom is -0.341 e. The summed E-state index contributed by atoms with van der Waals surface area (Å²) in [7, 11) is 1.79. The number of carbonyl (C=O) groups is 1. The van der Waals surface area contributed by atoms with E-state index in [-0.39, 0.29) is 5.91 Å². The van der Waals surface area contributed by atoms with Crippen LogP contribution in [0.25, 0.3) is 0 Å². The molecule has 0 bridgehead atoms. The van der Waals surface area contributed by atoms with Crippen LogP contribution >= 0.6 is 23.2 Å². The highest BCUT2D eigenvalue weighted by Crippen LogP contribution is 2.22. The SMILES string of the molecule is CC(CCN)CCC(=O)N(C)Cc1ccc(Cl)cc1Cl. The quantitative estimate of drug-likeness (QED) is 0.833. The van der Waals surface area contributed by atoms with Crippen molar-refractivity contribution in [1.29, 1.82) is 0 Å². The number of amides is 1. The lowest BCUT2D eigenvalue weighted by Crippen LogP contribution is -2.26. The van der Waals surface area contributed by atoms with Crippen LogP contribution in [0.5, 0.6) is 0 Å². The molecule has 0 aliphatic heterocycles. The second kappa shape index (κ2) is 8.50. The molecule has 20 heavy (non-hydrogen) atoms. The second-order valence-electron chi connectivity index (χ2n) is 5.21. The van der Waals surface area contributed by atoms with Crippen LogP contribution in [0.1, 0.15) is 31.7 Å². The van der Waals surface area contributed by atoms with E-state index in [1.54, 1.807) is 24.1 Å². The van der Waals surface area contributed by atoms with Gasteiger partial charge in [-0.1, -0.05) is 36.2 Å². The fraction of sp³-hybridized carbons (Fsp3) is 0.533. The Balaban J connectivity index is 2.49. The van der Waals surface area contributed by atoms with Gasteiger partial charge in [0.05, 0.1) is 0 Å². The molecule has 0 saturated carbocycles. The number of nitrogens with zero attached hydrogens (tertiary/aromatic N) is 1. The molecule has 0 heterocycles. The van der Waals surface area contributed by atoms with Crippen molar-refractivity contribution in [3.63, 3.8) is 0 Å². The first-order chi connectivity index (χ1) is 9.43. The molecule has 1 rings (SSSR count). The number of rotatable bonds is 7. The van der Waals surface area contributed by atoms with Gasteiger partial charge >= 0.3 is 0 Å². The third-order valence-electron chi connectivity index (χ3n) is 3.36. The van der Waals surface area contributed by atoms with E-state index in [9.17, 15) is 4.79 Å². The Bertz CT molecular complexity index is 451. The molecule has 112 valence electrons. The molecule has 2 N–H and O–H groups in total. The molecule has 0 fully saturated rings. The van der Waals surface area contributed by atoms with Gasteiger partial charge < -0.3 is 10.6 Å². The summed E-state index contributed by atoms with van der Waals surface area (Å²) in [6, 6.07) is 5.33. The van der Waals surface area contributed by atoms with E-state index in [1.807, 2.05) is 6.07 Å². The van der Waals surface area contributed by atoms with Crippen LogP contribution in [0, 0.1) is 5.92 Å². The Kier molecular flexibility index (Phi) is 7.35. The van der Waals surface area contributed by atoms with E-state index in [2.05, 4.69) is 6.92 Å². The predicted molar refractivity (Wildman–Crippen MR) is 85.0 cm³/mol. The van der Waals surface area contributed by atoms with Crippen molar-refractivity contribution in [3.05, 3.63) is 33.8 Å². The van der Waals surface area contributed by atoms with Gasteiger partial charge in [-0.3, -0.25) is 4.79 Å². The summed E-state index contributed by atoms with van der Waals surface area (Å²) in [6.45, 7) is 3.29. The van der Waals surface area contributed by atoms with E-state index in [0.29, 0.717) is 35.5 Å². The topological polar surface area (TPSA) is 46.3 Å². The average Bonchev–Trinajstić information content (AvgIpc) is 2.39. The van der Waals surface area contributed by atoms with E-state index in [1.165, 1.54) is 0 Å². The maximum Gasteiger partial charge on any atom is 0.222 e. The summed E-state index contributed by atoms with van der Waals surface area (Å²) in [4.78, 5) is 13.8. The minimum atomic E-state index is 0.125. The number of halogens is 2. The molecule has 5 heteroatoms. The molecule has 0 saturated heterocycles. The van der Waals surface area contributed by atoms with Crippen molar-refractivity contribution in [1.82, 2.24) is 4.90 Å². The van der Waals surface area contributed by atoms with Gasteiger partial charge in [-0.2, -0.15) is 0 Å². The Hall–Kier alpha value is -0.770. The summed E-state index contributed by atoms with van der Waals surface area (Å²) in [6.07, 6.45) is 2.37. The van der Waals surface area contributed by atoms with Crippen LogP contribution in [0.4, 0.5) is 0 Å². The largest absolute Gasteiger partial charge is 0.341 e. The molecule has 0 aliphatic rings. The van der Waals surface area contributed by atoms with Crippen LogP contribution in [-0.2, 0) is 11.3 Å². The number of benzene rings is 1. The van der Waals surface area contributed by atoms with Gasteiger partial charge in [-0.15, -0.1) is 0 Å². The molecule has 1 atom stereocenters. The lowest BCUT2D eigenvalue weighted by molar-refractivity contribution is -0.130. The first kappa shape index (κ1) is 17.3. The van der Waals surface area contributed by atoms with Gasteiger partial charge in [0.25, 0.3) is 0 Å². The fourth-order valence-corrected chi connectivity index (χ4v) is 2.45. The molecule has 1 aromatic rings. The maximum atomic E-state index is 12.1. The zero-order valence-corrected chi connectivity index (χ0v) is 13.5. The Morgan fingerprint density at radius 2 is 2.05 bits per heavy atom. The molecule has 3 nitrogen and oxygen atoms in total. The number of hydrogen-bond acceptors (Lipinski definition) is 2. The smallest absolute Gasteiger partial charge is 0.222 e. The number of hydrogen-bond donors (Lipinski definition) is 1. The zero-order valence-electron chi connectivity index (χ0n) is 12.0. The Morgan fingerprint density at radius 3 is 2.65 bits per heavy atom. The van der Waals surface area contributed by atoms with Crippen LogP contribution in [0.2, 0.25) is 10.0 Å². The third-order valence-corrected chi connectivity index (χ3v) is 3.95. The molecule has 0 radical (unpaired) electrons. The molecule has 1 unspecified atom stereocenters. The summed E-state index contributed by atoms with van der Waals surface area (Å²) in [5, 5.41) is 1.19. The fourth-order valence-electron chi connectivity index (χ4n) is 1.98. The van der Waals surface area contributed by atoms with Crippen LogP contribution in [0.15, 0.2) is 18.2 Å². The van der Waals surface area contributed by atoms with Crippen molar-refractivity contribution < 1.29 is 4.79 Å². The lowest BCUT2D eigenvalue weighted by atomic mass is 10.0. The Labute approximate surface area is 131 Å². The van der Waals surface area contributed by atoms with Gasteiger partial charge in [0.1, 0.15) is 0 Å². The van der Waals surface area contributed by atoms with Crippen molar-refractivity contribution in [2.75, 3.05) is 13.6 Å². The predicted octanol–water partition coefficient (Wildman–Crippen LogP) is 3.72. The zero-order chi connectivity index (χ0) is 15.1. The summed E-state index contributed by atoms with van der Waals surface area (Å²) < 4.78 is 0. The molecular formula is C15H22Cl2N2O. The van der Waals surface area contributed by atoms with E-state index in [0.717, 1.165) is 18.4 Å². The summed E-state index contributed by atoms with van der Waals surface area (Å²) >= 11 is 12.0. The molecular weight excluding hydrogens is 295 g/mol. The van der Waals surface area contributed by atoms with Crippen molar-refractivity contribution in [2.24, 2.45) is 11.7 Å². The molecule has 0 aliphatic carbocycles. The van der Waals surface area contributed by atoms with E-state index < -0.39 is 0 Å². The standard InChI is InChI=1S/C15H22Cl2N2O/c1-11(7-8-18)3-6-15(20)19(2)10-12-4-5-13(16)9-14(12)17/h4-5,9,11H,3,6-8,10,18H2,1-2H3. The normalized spacial score (nSPS) is 12.2. The van der Waals surface area contributed by atoms with Crippen molar-refractivity contribution >= 4 is 29.1 Å². The van der Waals surface area contributed by atoms with Crippen molar-refractivity contribution in [3.8, 4) is 0 Å². The third kappa shape index (κ3) is 5.70. The molecule has 1 amide bonds. The molecule has 0 spiro atoms. The summed E-state index contributed by atoms with van der Waals surface area (Å²) in [5.74, 6) is 0.608. The van der Waals surface area contributed by atoms with Crippen LogP contribution < -0.4 is 5.73 Å². The van der Waals surface area contributed by atoms with E-state index >= 15 is 0 Å². The maximum absolute atomic E-state index is 12.1. The Morgan fingerprint density at radius 1 is 1.35 bits per heavy atom. The molecule has 1 aromatic carbocycles. The number of carbonyl (C=O) groups excluding carboxylic acids is 1. The highest BCUT2D eigenvalue weighted by Gasteiger charge is 2.12. The number of nitrogens with two attached hydrogens (primary N) is 1. The van der Waals surface area contributed by atoms with Gasteiger partial charge in [0.15, 0.2) is 0 Å². The average molecular weight is 317 g/mol. The second-order valence-corrected chi connectivity index (χ2v) is 6.05. The van der Waals surface area contributed by atoms with Gasteiger partial charge in [-0.05, 0) is 43.0 Å². The van der Waals surface area contributed by atoms with Gasteiger partial charge in [0.2, 0.25) is 5.91 Å². The lowest BCUT2D eigenvalue weighted by Gasteiger charge is -2.19. The van der Waals surface area contributed by atoms with Crippen LogP contribution in [0.3, 0.4) is 0 Å². The molecule has 0 aromatic heterocycles. The van der Waals surface area contributed by atoms with Crippen LogP contribution in [-0.4, -0.2) is 24.4 Å². The van der Waals surface area contributed by atoms with E-state index in [4.69, 9.17) is 28.9 Å². The van der Waals surface area contributed by atoms with Gasteiger partial charge in [0, 0.05) is 30.1 Å².